The molecule has 21 heavy (non-hydrogen) atoms. The zero-order valence-electron chi connectivity index (χ0n) is 11.4. The standard InChI is InChI=1S/C14H16N4O3/c19-14(15-8-6-12-4-2-1-3-5-12)7-9-17-10-13(16-11-17)18(20)21/h1-5,10-11H,6-9H2,(H,15,19). The zero-order chi connectivity index (χ0) is 15.1. The van der Waals surface area contributed by atoms with Crippen LogP contribution in [0.3, 0.4) is 0 Å². The number of carbonyl (C=O) groups is 1. The summed E-state index contributed by atoms with van der Waals surface area (Å²) < 4.78 is 1.54. The zero-order valence-corrected chi connectivity index (χ0v) is 11.4. The highest BCUT2D eigenvalue weighted by Gasteiger charge is 2.10. The van der Waals surface area contributed by atoms with Gasteiger partial charge in [0.05, 0.1) is 0 Å². The molecule has 0 radical (unpaired) electrons. The summed E-state index contributed by atoms with van der Waals surface area (Å²) in [5, 5.41) is 13.3. The Morgan fingerprint density at radius 1 is 1.33 bits per heavy atom. The first-order valence-corrected chi connectivity index (χ1v) is 6.62. The van der Waals surface area contributed by atoms with E-state index in [1.165, 1.54) is 22.7 Å². The Bertz CT molecular complexity index is 610. The number of hydrogen-bond donors (Lipinski definition) is 1. The van der Waals surface area contributed by atoms with Gasteiger partial charge in [0.2, 0.25) is 12.2 Å². The van der Waals surface area contributed by atoms with E-state index in [0.717, 1.165) is 6.42 Å². The highest BCUT2D eigenvalue weighted by molar-refractivity contribution is 5.75. The summed E-state index contributed by atoms with van der Waals surface area (Å²) in [5.41, 5.74) is 1.17. The van der Waals surface area contributed by atoms with E-state index in [9.17, 15) is 14.9 Å². The number of amides is 1. The quantitative estimate of drug-likeness (QED) is 0.618. The van der Waals surface area contributed by atoms with Gasteiger partial charge < -0.3 is 20.0 Å². The lowest BCUT2D eigenvalue weighted by Crippen LogP contribution is -2.26. The number of carbonyl (C=O) groups excluding carboxylic acids is 1. The molecule has 0 unspecified atom stereocenters. The maximum Gasteiger partial charge on any atom is 0.381 e. The van der Waals surface area contributed by atoms with Crippen molar-refractivity contribution in [3.8, 4) is 0 Å². The van der Waals surface area contributed by atoms with Gasteiger partial charge in [0.15, 0.2) is 0 Å². The van der Waals surface area contributed by atoms with Crippen molar-refractivity contribution in [3.63, 3.8) is 0 Å². The lowest BCUT2D eigenvalue weighted by molar-refractivity contribution is -0.389. The largest absolute Gasteiger partial charge is 0.381 e. The number of nitrogens with zero attached hydrogens (tertiary/aromatic N) is 3. The van der Waals surface area contributed by atoms with E-state index >= 15 is 0 Å². The molecule has 7 heteroatoms. The topological polar surface area (TPSA) is 90.1 Å². The third-order valence-electron chi connectivity index (χ3n) is 2.98. The lowest BCUT2D eigenvalue weighted by atomic mass is 10.1. The first-order chi connectivity index (χ1) is 10.1. The minimum absolute atomic E-state index is 0.0812. The number of hydrogen-bond acceptors (Lipinski definition) is 4. The number of aromatic nitrogens is 2. The number of benzene rings is 1. The number of nitrogens with one attached hydrogen (secondary N) is 1. The summed E-state index contributed by atoms with van der Waals surface area (Å²) in [5.74, 6) is -0.290. The molecule has 0 fully saturated rings. The molecule has 110 valence electrons. The van der Waals surface area contributed by atoms with Gasteiger partial charge in [0.1, 0.15) is 6.20 Å². The van der Waals surface area contributed by atoms with Crippen LogP contribution in [-0.2, 0) is 17.8 Å². The fourth-order valence-corrected chi connectivity index (χ4v) is 1.87. The second kappa shape index (κ2) is 7.18. The van der Waals surface area contributed by atoms with Crippen LogP contribution in [0.15, 0.2) is 42.9 Å². The highest BCUT2D eigenvalue weighted by atomic mass is 16.6. The molecule has 2 rings (SSSR count). The van der Waals surface area contributed by atoms with Crippen LogP contribution in [0.2, 0.25) is 0 Å². The molecule has 1 N–H and O–H groups in total. The Morgan fingerprint density at radius 2 is 2.10 bits per heavy atom. The third-order valence-corrected chi connectivity index (χ3v) is 2.98. The Balaban J connectivity index is 1.68. The molecular weight excluding hydrogens is 272 g/mol. The molecule has 0 aliphatic rings. The average Bonchev–Trinajstić information content (AvgIpc) is 2.95. The van der Waals surface area contributed by atoms with Gasteiger partial charge in [-0.1, -0.05) is 30.3 Å². The van der Waals surface area contributed by atoms with Gasteiger partial charge in [-0.3, -0.25) is 4.79 Å². The maximum atomic E-state index is 11.7. The predicted molar refractivity (Wildman–Crippen MR) is 76.7 cm³/mol. The SMILES string of the molecule is O=C(CCn1cnc([N+](=O)[O-])c1)NCCc1ccccc1. The molecular formula is C14H16N4O3. The first-order valence-electron chi connectivity index (χ1n) is 6.62. The molecule has 1 heterocycles. The van der Waals surface area contributed by atoms with Crippen LogP contribution >= 0.6 is 0 Å². The van der Waals surface area contributed by atoms with E-state index in [0.29, 0.717) is 13.1 Å². The molecule has 0 aliphatic carbocycles. The highest BCUT2D eigenvalue weighted by Crippen LogP contribution is 2.06. The van der Waals surface area contributed by atoms with Crippen molar-refractivity contribution in [2.24, 2.45) is 0 Å². The van der Waals surface area contributed by atoms with Crippen LogP contribution in [-0.4, -0.2) is 26.9 Å². The molecule has 0 bridgehead atoms. The van der Waals surface area contributed by atoms with Gasteiger partial charge in [0, 0.05) is 19.5 Å². The average molecular weight is 288 g/mol. The van der Waals surface area contributed by atoms with Gasteiger partial charge in [-0.15, -0.1) is 0 Å². The molecule has 0 aliphatic heterocycles. The minimum Gasteiger partial charge on any atom is -0.358 e. The number of imidazole rings is 1. The Labute approximate surface area is 121 Å². The Morgan fingerprint density at radius 3 is 2.76 bits per heavy atom. The van der Waals surface area contributed by atoms with Crippen LogP contribution in [0.5, 0.6) is 0 Å². The van der Waals surface area contributed by atoms with Gasteiger partial charge >= 0.3 is 5.82 Å². The lowest BCUT2D eigenvalue weighted by Gasteiger charge is -2.05. The maximum absolute atomic E-state index is 11.7. The third kappa shape index (κ3) is 4.72. The summed E-state index contributed by atoms with van der Waals surface area (Å²) in [7, 11) is 0. The fourth-order valence-electron chi connectivity index (χ4n) is 1.87. The van der Waals surface area contributed by atoms with Crippen molar-refractivity contribution >= 4 is 11.7 Å². The summed E-state index contributed by atoms with van der Waals surface area (Å²) in [4.78, 5) is 25.2. The van der Waals surface area contributed by atoms with E-state index < -0.39 is 4.92 Å². The van der Waals surface area contributed by atoms with E-state index in [1.54, 1.807) is 0 Å². The monoisotopic (exact) mass is 288 g/mol. The van der Waals surface area contributed by atoms with Crippen molar-refractivity contribution in [2.75, 3.05) is 6.54 Å². The first kappa shape index (κ1) is 14.7. The predicted octanol–water partition coefficient (Wildman–Crippen LogP) is 1.54. The minimum atomic E-state index is -0.559. The molecule has 0 atom stereocenters. The summed E-state index contributed by atoms with van der Waals surface area (Å²) in [6.07, 6.45) is 3.72. The second-order valence-electron chi connectivity index (χ2n) is 4.56. The second-order valence-corrected chi connectivity index (χ2v) is 4.56. The van der Waals surface area contributed by atoms with Gasteiger partial charge in [-0.25, -0.2) is 0 Å². The number of nitro groups is 1. The van der Waals surface area contributed by atoms with E-state index in [1.807, 2.05) is 30.3 Å². The van der Waals surface area contributed by atoms with Crippen molar-refractivity contribution < 1.29 is 9.72 Å². The Hall–Kier alpha value is -2.70. The van der Waals surface area contributed by atoms with Crippen LogP contribution in [0.1, 0.15) is 12.0 Å². The van der Waals surface area contributed by atoms with Gasteiger partial charge in [0.25, 0.3) is 0 Å². The molecule has 7 nitrogen and oxygen atoms in total. The Kier molecular flexibility index (Phi) is 5.03. The van der Waals surface area contributed by atoms with E-state index in [4.69, 9.17) is 0 Å². The van der Waals surface area contributed by atoms with Crippen LogP contribution in [0.4, 0.5) is 5.82 Å². The number of rotatable bonds is 7. The van der Waals surface area contributed by atoms with Crippen molar-refractivity contribution in [2.45, 2.75) is 19.4 Å². The smallest absolute Gasteiger partial charge is 0.358 e. The van der Waals surface area contributed by atoms with Crippen molar-refractivity contribution in [1.82, 2.24) is 14.9 Å². The normalized spacial score (nSPS) is 10.3. The van der Waals surface area contributed by atoms with Crippen LogP contribution < -0.4 is 5.32 Å². The van der Waals surface area contributed by atoms with Gasteiger partial charge in [-0.2, -0.15) is 0 Å². The van der Waals surface area contributed by atoms with E-state index in [2.05, 4.69) is 10.3 Å². The molecule has 1 aromatic carbocycles. The van der Waals surface area contributed by atoms with Crippen molar-refractivity contribution in [3.05, 3.63) is 58.5 Å². The summed E-state index contributed by atoms with van der Waals surface area (Å²) in [6, 6.07) is 9.89. The molecule has 0 spiro atoms. The van der Waals surface area contributed by atoms with Crippen LogP contribution in [0, 0.1) is 10.1 Å². The summed E-state index contributed by atoms with van der Waals surface area (Å²) in [6.45, 7) is 0.949. The molecule has 1 amide bonds. The fraction of sp³-hybridized carbons (Fsp3) is 0.286. The molecule has 1 aromatic heterocycles. The summed E-state index contributed by atoms with van der Waals surface area (Å²) >= 11 is 0. The molecule has 2 aromatic rings. The van der Waals surface area contributed by atoms with Crippen LogP contribution in [0.25, 0.3) is 0 Å². The molecule has 0 saturated heterocycles. The van der Waals surface area contributed by atoms with E-state index in [-0.39, 0.29) is 18.1 Å². The van der Waals surface area contributed by atoms with Gasteiger partial charge in [-0.05, 0) is 21.9 Å². The number of aryl methyl sites for hydroxylation is 1. The molecule has 0 saturated carbocycles. The van der Waals surface area contributed by atoms with Crippen molar-refractivity contribution in [1.29, 1.82) is 0 Å².